The van der Waals surface area contributed by atoms with Crippen molar-refractivity contribution in [1.29, 1.82) is 0 Å². The van der Waals surface area contributed by atoms with Crippen molar-refractivity contribution in [3.63, 3.8) is 0 Å². The third kappa shape index (κ3) is 2.84. The lowest BCUT2D eigenvalue weighted by Gasteiger charge is -2.39. The van der Waals surface area contributed by atoms with E-state index in [2.05, 4.69) is 9.47 Å². The normalized spacial score (nSPS) is 38.9. The highest BCUT2D eigenvalue weighted by atomic mass is 19.4. The second-order valence-electron chi connectivity index (χ2n) is 3.33. The van der Waals surface area contributed by atoms with Crippen molar-refractivity contribution in [2.45, 2.75) is 30.5 Å². The summed E-state index contributed by atoms with van der Waals surface area (Å²) in [6.45, 7) is -0.820. The third-order valence-corrected chi connectivity index (χ3v) is 2.02. The molecule has 0 bridgehead atoms. The van der Waals surface area contributed by atoms with Crippen LogP contribution in [0.4, 0.5) is 13.2 Å². The van der Waals surface area contributed by atoms with Crippen LogP contribution < -0.4 is 0 Å². The van der Waals surface area contributed by atoms with Crippen molar-refractivity contribution in [1.82, 2.24) is 0 Å². The Balaban J connectivity index is 2.78. The Kier molecular flexibility index (Phi) is 3.64. The van der Waals surface area contributed by atoms with Crippen LogP contribution >= 0.6 is 0 Å². The van der Waals surface area contributed by atoms with Gasteiger partial charge in [0.15, 0.2) is 6.10 Å². The average Bonchev–Trinajstić information content (AvgIpc) is 2.20. The molecule has 4 N–H and O–H groups in total. The van der Waals surface area contributed by atoms with E-state index in [-0.39, 0.29) is 0 Å². The van der Waals surface area contributed by atoms with Crippen LogP contribution in [0.25, 0.3) is 0 Å². The minimum Gasteiger partial charge on any atom is -0.399 e. The van der Waals surface area contributed by atoms with Crippen molar-refractivity contribution in [2.75, 3.05) is 6.61 Å². The molecule has 1 saturated heterocycles. The second kappa shape index (κ2) is 4.38. The van der Waals surface area contributed by atoms with Gasteiger partial charge in [-0.25, -0.2) is 4.79 Å². The summed E-state index contributed by atoms with van der Waals surface area (Å²) in [4.78, 5) is 10.4. The lowest BCUT2D eigenvalue weighted by atomic mass is 10.0. The van der Waals surface area contributed by atoms with Gasteiger partial charge in [-0.2, -0.15) is 13.2 Å². The van der Waals surface area contributed by atoms with Gasteiger partial charge in [-0.15, -0.1) is 0 Å². The molecule has 10 heteroatoms. The van der Waals surface area contributed by atoms with Crippen LogP contribution in [-0.4, -0.2) is 63.5 Å². The number of carbonyl (C=O) groups excluding carboxylic acids is 1. The minimum absolute atomic E-state index is 0.820. The number of carbonyl (C=O) groups is 1. The van der Waals surface area contributed by atoms with Crippen molar-refractivity contribution in [3.8, 4) is 0 Å². The van der Waals surface area contributed by atoms with Crippen LogP contribution in [0.2, 0.25) is 0 Å². The molecule has 0 aromatic heterocycles. The van der Waals surface area contributed by atoms with E-state index in [1.54, 1.807) is 0 Å². The fraction of sp³-hybridized carbons (Fsp3) is 0.857. The molecular weight excluding hydrogens is 253 g/mol. The maximum absolute atomic E-state index is 11.8. The van der Waals surface area contributed by atoms with Crippen LogP contribution in [0.5, 0.6) is 0 Å². The Hall–Kier alpha value is -0.940. The first-order valence-electron chi connectivity index (χ1n) is 4.28. The predicted octanol–water partition coefficient (Wildman–Crippen LogP) is -2.15. The Morgan fingerprint density at radius 3 is 2.35 bits per heavy atom. The molecule has 0 amide bonds. The van der Waals surface area contributed by atoms with Crippen LogP contribution in [0.1, 0.15) is 0 Å². The fourth-order valence-electron chi connectivity index (χ4n) is 1.10. The quantitative estimate of drug-likeness (QED) is 0.314. The van der Waals surface area contributed by atoms with E-state index >= 15 is 0 Å². The van der Waals surface area contributed by atoms with Crippen molar-refractivity contribution in [2.24, 2.45) is 0 Å². The van der Waals surface area contributed by atoms with Gasteiger partial charge < -0.3 is 29.9 Å². The van der Waals surface area contributed by atoms with E-state index in [1.165, 1.54) is 0 Å². The number of esters is 1. The molecule has 0 aliphatic carbocycles. The molecule has 7 nitrogen and oxygen atoms in total. The molecule has 100 valence electrons. The third-order valence-electron chi connectivity index (χ3n) is 2.02. The Morgan fingerprint density at radius 2 is 1.88 bits per heavy atom. The Labute approximate surface area is 92.0 Å². The topological polar surface area (TPSA) is 116 Å². The largest absolute Gasteiger partial charge is 0.491 e. The van der Waals surface area contributed by atoms with Gasteiger partial charge in [0.05, 0.1) is 6.61 Å². The lowest BCUT2D eigenvalue weighted by Crippen LogP contribution is -2.63. The number of aliphatic hydroxyl groups excluding tert-OH is 3. The van der Waals surface area contributed by atoms with Gasteiger partial charge in [0.1, 0.15) is 12.2 Å². The van der Waals surface area contributed by atoms with Crippen LogP contribution in [0, 0.1) is 0 Å². The average molecular weight is 262 g/mol. The van der Waals surface area contributed by atoms with E-state index in [0.29, 0.717) is 0 Å². The first-order chi connectivity index (χ1) is 7.58. The zero-order valence-electron chi connectivity index (χ0n) is 8.09. The summed E-state index contributed by atoms with van der Waals surface area (Å²) >= 11 is 0. The number of rotatable bonds is 1. The second-order valence-corrected chi connectivity index (χ2v) is 3.33. The highest BCUT2D eigenvalue weighted by molar-refractivity contribution is 5.75. The summed E-state index contributed by atoms with van der Waals surface area (Å²) in [6, 6.07) is 0. The zero-order chi connectivity index (χ0) is 13.4. The standard InChI is InChI=1S/C7H9F3O7/c8-6(9,10)5(14)17-7(15)4(13)3(12)2(11)1-16-7/h2-4,11-13,15H,1H2/t2-,3+,4-,7+/m1/s1. The molecule has 17 heavy (non-hydrogen) atoms. The van der Waals surface area contributed by atoms with Gasteiger partial charge in [-0.1, -0.05) is 0 Å². The molecule has 0 spiro atoms. The van der Waals surface area contributed by atoms with Crippen molar-refractivity contribution >= 4 is 5.97 Å². The summed E-state index contributed by atoms with van der Waals surface area (Å²) in [5, 5.41) is 36.5. The van der Waals surface area contributed by atoms with Gasteiger partial charge in [0.25, 0.3) is 0 Å². The molecule has 1 aliphatic rings. The fourth-order valence-corrected chi connectivity index (χ4v) is 1.10. The Bertz CT molecular complexity index is 306. The summed E-state index contributed by atoms with van der Waals surface area (Å²) < 4.78 is 43.2. The first-order valence-corrected chi connectivity index (χ1v) is 4.28. The van der Waals surface area contributed by atoms with E-state index in [0.717, 1.165) is 0 Å². The SMILES string of the molecule is O=C(O[C@@]1(O)OC[C@@H](O)[C@H](O)[C@H]1O)C(F)(F)F. The summed E-state index contributed by atoms with van der Waals surface area (Å²) in [5.41, 5.74) is 0. The molecule has 1 aliphatic heterocycles. The molecule has 0 saturated carbocycles. The molecule has 1 heterocycles. The van der Waals surface area contributed by atoms with E-state index in [4.69, 9.17) is 15.3 Å². The van der Waals surface area contributed by atoms with Crippen molar-refractivity contribution < 1.29 is 47.9 Å². The molecule has 0 aromatic rings. The Morgan fingerprint density at radius 1 is 1.35 bits per heavy atom. The van der Waals surface area contributed by atoms with Gasteiger partial charge in [-0.3, -0.25) is 0 Å². The number of aliphatic hydroxyl groups is 4. The van der Waals surface area contributed by atoms with E-state index < -0.39 is 43.0 Å². The zero-order valence-corrected chi connectivity index (χ0v) is 8.09. The van der Waals surface area contributed by atoms with Gasteiger partial charge in [0, 0.05) is 0 Å². The minimum atomic E-state index is -5.40. The summed E-state index contributed by atoms with van der Waals surface area (Å²) in [7, 11) is 0. The highest BCUT2D eigenvalue weighted by Crippen LogP contribution is 2.28. The smallest absolute Gasteiger partial charge is 0.399 e. The van der Waals surface area contributed by atoms with Crippen molar-refractivity contribution in [3.05, 3.63) is 0 Å². The number of ether oxygens (including phenoxy) is 2. The number of hydrogen-bond donors (Lipinski definition) is 4. The lowest BCUT2D eigenvalue weighted by molar-refractivity contribution is -0.420. The number of hydrogen-bond acceptors (Lipinski definition) is 7. The molecule has 1 rings (SSSR count). The van der Waals surface area contributed by atoms with E-state index in [9.17, 15) is 23.1 Å². The van der Waals surface area contributed by atoms with E-state index in [1.807, 2.05) is 0 Å². The maximum atomic E-state index is 11.8. The number of alkyl halides is 3. The van der Waals surface area contributed by atoms with Gasteiger partial charge in [0.2, 0.25) is 0 Å². The monoisotopic (exact) mass is 262 g/mol. The predicted molar refractivity (Wildman–Crippen MR) is 41.1 cm³/mol. The molecule has 0 radical (unpaired) electrons. The van der Waals surface area contributed by atoms with Crippen LogP contribution in [-0.2, 0) is 14.3 Å². The summed E-state index contributed by atoms with van der Waals surface area (Å²) in [6.07, 6.45) is -11.5. The maximum Gasteiger partial charge on any atom is 0.491 e. The first kappa shape index (κ1) is 14.1. The molecule has 1 fully saturated rings. The van der Waals surface area contributed by atoms with Crippen LogP contribution in [0.15, 0.2) is 0 Å². The van der Waals surface area contributed by atoms with Crippen LogP contribution in [0.3, 0.4) is 0 Å². The molecular formula is C7H9F3O7. The number of halogens is 3. The molecule has 4 atom stereocenters. The highest BCUT2D eigenvalue weighted by Gasteiger charge is 2.55. The summed E-state index contributed by atoms with van der Waals surface area (Å²) in [5.74, 6) is -6.16. The van der Waals surface area contributed by atoms with Gasteiger partial charge >= 0.3 is 18.1 Å². The molecule has 0 unspecified atom stereocenters. The molecule has 0 aromatic carbocycles. The van der Waals surface area contributed by atoms with Gasteiger partial charge in [-0.05, 0) is 0 Å².